The highest BCUT2D eigenvalue weighted by Crippen LogP contribution is 2.30. The number of methoxy groups -OCH3 is 1. The predicted octanol–water partition coefficient (Wildman–Crippen LogP) is 5.13. The van der Waals surface area contributed by atoms with Crippen molar-refractivity contribution in [3.8, 4) is 16.3 Å². The molecule has 0 spiro atoms. The molecular formula is C24H26ClN3O2S. The molecule has 1 aromatic heterocycles. The van der Waals surface area contributed by atoms with E-state index in [9.17, 15) is 4.79 Å². The molecule has 1 aliphatic heterocycles. The van der Waals surface area contributed by atoms with Crippen LogP contribution in [0.4, 0.5) is 0 Å². The maximum atomic E-state index is 13.3. The first-order chi connectivity index (χ1) is 15.0. The molecule has 2 aromatic carbocycles. The summed E-state index contributed by atoms with van der Waals surface area (Å²) in [7, 11) is 1.68. The highest BCUT2D eigenvalue weighted by atomic mass is 35.5. The zero-order valence-electron chi connectivity index (χ0n) is 17.8. The lowest BCUT2D eigenvalue weighted by Crippen LogP contribution is -2.35. The maximum absolute atomic E-state index is 13.3. The van der Waals surface area contributed by atoms with E-state index in [0.29, 0.717) is 5.02 Å². The van der Waals surface area contributed by atoms with Crippen LogP contribution in [-0.2, 0) is 6.54 Å². The molecule has 31 heavy (non-hydrogen) atoms. The van der Waals surface area contributed by atoms with Gasteiger partial charge in [-0.05, 0) is 43.2 Å². The lowest BCUT2D eigenvalue weighted by Gasteiger charge is -2.22. The van der Waals surface area contributed by atoms with Crippen molar-refractivity contribution in [2.24, 2.45) is 0 Å². The molecule has 0 N–H and O–H groups in total. The lowest BCUT2D eigenvalue weighted by atomic mass is 10.2. The Bertz CT molecular complexity index is 1030. The smallest absolute Gasteiger partial charge is 0.265 e. The molecule has 4 rings (SSSR count). The van der Waals surface area contributed by atoms with Crippen molar-refractivity contribution in [2.45, 2.75) is 19.9 Å². The van der Waals surface area contributed by atoms with Crippen molar-refractivity contribution in [3.05, 3.63) is 69.7 Å². The summed E-state index contributed by atoms with van der Waals surface area (Å²) in [4.78, 5) is 23.0. The van der Waals surface area contributed by atoms with Gasteiger partial charge >= 0.3 is 0 Å². The van der Waals surface area contributed by atoms with E-state index in [1.807, 2.05) is 48.2 Å². The largest absolute Gasteiger partial charge is 0.497 e. The number of aryl methyl sites for hydroxylation is 1. The van der Waals surface area contributed by atoms with E-state index in [4.69, 9.17) is 16.3 Å². The first-order valence-corrected chi connectivity index (χ1v) is 11.6. The van der Waals surface area contributed by atoms with Crippen LogP contribution >= 0.6 is 22.9 Å². The quantitative estimate of drug-likeness (QED) is 0.535. The van der Waals surface area contributed by atoms with Gasteiger partial charge in [-0.2, -0.15) is 0 Å². The Balaban J connectivity index is 1.41. The number of aromatic nitrogens is 1. The Morgan fingerprint density at radius 2 is 1.81 bits per heavy atom. The zero-order chi connectivity index (χ0) is 21.8. The van der Waals surface area contributed by atoms with E-state index < -0.39 is 0 Å². The van der Waals surface area contributed by atoms with Gasteiger partial charge in [0.1, 0.15) is 15.6 Å². The number of carbonyl (C=O) groups is 1. The van der Waals surface area contributed by atoms with Gasteiger partial charge < -0.3 is 9.64 Å². The summed E-state index contributed by atoms with van der Waals surface area (Å²) >= 11 is 7.46. The molecule has 1 aliphatic rings. The second-order valence-electron chi connectivity index (χ2n) is 7.71. The van der Waals surface area contributed by atoms with Gasteiger partial charge in [0, 0.05) is 43.3 Å². The van der Waals surface area contributed by atoms with E-state index >= 15 is 0 Å². The number of hydrogen-bond donors (Lipinski definition) is 0. The van der Waals surface area contributed by atoms with Crippen molar-refractivity contribution < 1.29 is 9.53 Å². The minimum Gasteiger partial charge on any atom is -0.497 e. The monoisotopic (exact) mass is 455 g/mol. The first kappa shape index (κ1) is 21.8. The van der Waals surface area contributed by atoms with E-state index in [-0.39, 0.29) is 5.91 Å². The third-order valence-electron chi connectivity index (χ3n) is 5.52. The predicted molar refractivity (Wildman–Crippen MR) is 126 cm³/mol. The molecule has 1 saturated heterocycles. The van der Waals surface area contributed by atoms with Gasteiger partial charge in [-0.15, -0.1) is 11.3 Å². The number of nitrogens with zero attached hydrogens (tertiary/aromatic N) is 3. The fraction of sp³-hybridized carbons (Fsp3) is 0.333. The summed E-state index contributed by atoms with van der Waals surface area (Å²) in [5.74, 6) is 0.954. The molecule has 0 atom stereocenters. The molecule has 0 aliphatic carbocycles. The summed E-state index contributed by atoms with van der Waals surface area (Å²) in [5.41, 5.74) is 3.03. The van der Waals surface area contributed by atoms with Crippen molar-refractivity contribution in [1.29, 1.82) is 0 Å². The Morgan fingerprint density at radius 3 is 2.52 bits per heavy atom. The highest BCUT2D eigenvalue weighted by Gasteiger charge is 2.24. The van der Waals surface area contributed by atoms with Crippen molar-refractivity contribution in [2.75, 3.05) is 33.3 Å². The molecule has 1 amide bonds. The third-order valence-corrected chi connectivity index (χ3v) is 6.97. The summed E-state index contributed by atoms with van der Waals surface area (Å²) in [5, 5.41) is 1.55. The molecule has 5 nitrogen and oxygen atoms in total. The van der Waals surface area contributed by atoms with Gasteiger partial charge in [-0.3, -0.25) is 9.69 Å². The van der Waals surface area contributed by atoms with E-state index in [1.54, 1.807) is 7.11 Å². The number of thiazole rings is 1. The maximum Gasteiger partial charge on any atom is 0.265 e. The molecule has 0 unspecified atom stereocenters. The van der Waals surface area contributed by atoms with Crippen LogP contribution in [0.1, 0.15) is 27.3 Å². The van der Waals surface area contributed by atoms with Gasteiger partial charge in [0.2, 0.25) is 0 Å². The third kappa shape index (κ3) is 5.26. The van der Waals surface area contributed by atoms with Crippen molar-refractivity contribution in [1.82, 2.24) is 14.8 Å². The van der Waals surface area contributed by atoms with Crippen molar-refractivity contribution >= 4 is 28.8 Å². The fourth-order valence-electron chi connectivity index (χ4n) is 3.78. The van der Waals surface area contributed by atoms with Gasteiger partial charge in [-0.25, -0.2) is 4.98 Å². The molecular weight excluding hydrogens is 430 g/mol. The van der Waals surface area contributed by atoms with E-state index in [1.165, 1.54) is 16.9 Å². The number of ether oxygens (including phenoxy) is 1. The summed E-state index contributed by atoms with van der Waals surface area (Å²) in [6, 6.07) is 15.8. The highest BCUT2D eigenvalue weighted by molar-refractivity contribution is 7.17. The number of benzene rings is 2. The Labute approximate surface area is 192 Å². The van der Waals surface area contributed by atoms with Crippen molar-refractivity contribution in [3.63, 3.8) is 0 Å². The first-order valence-electron chi connectivity index (χ1n) is 10.4. The zero-order valence-corrected chi connectivity index (χ0v) is 19.4. The SMILES string of the molecule is COc1ccc(CN2CCCN(C(=O)c3sc(-c4ccc(Cl)cc4)nc3C)CC2)cc1. The second-order valence-corrected chi connectivity index (χ2v) is 9.15. The second kappa shape index (κ2) is 9.81. The van der Waals surface area contributed by atoms with Gasteiger partial charge in [0.15, 0.2) is 0 Å². The van der Waals surface area contributed by atoms with E-state index in [0.717, 1.165) is 66.0 Å². The number of carbonyl (C=O) groups excluding carboxylic acids is 1. The fourth-order valence-corrected chi connectivity index (χ4v) is 4.94. The Kier molecular flexibility index (Phi) is 6.90. The number of rotatable bonds is 5. The molecule has 7 heteroatoms. The van der Waals surface area contributed by atoms with Crippen LogP contribution in [0.3, 0.4) is 0 Å². The van der Waals surface area contributed by atoms with Gasteiger partial charge in [0.05, 0.1) is 12.8 Å². The van der Waals surface area contributed by atoms with Crippen LogP contribution in [-0.4, -0.2) is 54.0 Å². The topological polar surface area (TPSA) is 45.7 Å². The minimum atomic E-state index is 0.0847. The molecule has 1 fully saturated rings. The molecule has 0 radical (unpaired) electrons. The number of amides is 1. The summed E-state index contributed by atoms with van der Waals surface area (Å²) in [6.45, 7) is 6.13. The van der Waals surface area contributed by atoms with Crippen LogP contribution in [0.2, 0.25) is 5.02 Å². The van der Waals surface area contributed by atoms with Gasteiger partial charge in [-0.1, -0.05) is 35.9 Å². The van der Waals surface area contributed by atoms with E-state index in [2.05, 4.69) is 22.0 Å². The van der Waals surface area contributed by atoms with Crippen LogP contribution in [0, 0.1) is 6.92 Å². The number of hydrogen-bond acceptors (Lipinski definition) is 5. The van der Waals surface area contributed by atoms with Crippen LogP contribution < -0.4 is 4.74 Å². The normalized spacial score (nSPS) is 15.0. The molecule has 0 saturated carbocycles. The summed E-state index contributed by atoms with van der Waals surface area (Å²) < 4.78 is 5.24. The molecule has 162 valence electrons. The lowest BCUT2D eigenvalue weighted by molar-refractivity contribution is 0.0765. The molecule has 2 heterocycles. The van der Waals surface area contributed by atoms with Crippen LogP contribution in [0.15, 0.2) is 48.5 Å². The average Bonchev–Trinajstić information content (AvgIpc) is 3.02. The standard InChI is InChI=1S/C24H26ClN3O2S/c1-17-22(31-23(26-17)19-6-8-20(25)9-7-19)24(29)28-13-3-12-27(14-15-28)16-18-4-10-21(30-2)11-5-18/h4-11H,3,12-16H2,1-2H3. The number of halogens is 1. The average molecular weight is 456 g/mol. The molecule has 3 aromatic rings. The van der Waals surface area contributed by atoms with Crippen LogP contribution in [0.25, 0.3) is 10.6 Å². The minimum absolute atomic E-state index is 0.0847. The van der Waals surface area contributed by atoms with Crippen LogP contribution in [0.5, 0.6) is 5.75 Å². The Hall–Kier alpha value is -2.41. The van der Waals surface area contributed by atoms with Gasteiger partial charge in [0.25, 0.3) is 5.91 Å². The summed E-state index contributed by atoms with van der Waals surface area (Å²) in [6.07, 6.45) is 0.962. The Morgan fingerprint density at radius 1 is 1.06 bits per heavy atom. The molecule has 0 bridgehead atoms.